The molecule has 0 radical (unpaired) electrons. The summed E-state index contributed by atoms with van der Waals surface area (Å²) < 4.78 is 5.07. The molecule has 3 nitrogen and oxygen atoms in total. The molecule has 2 fully saturated rings. The molecule has 0 heterocycles. The summed E-state index contributed by atoms with van der Waals surface area (Å²) in [7, 11) is 0. The van der Waals surface area contributed by atoms with Crippen LogP contribution in [0.3, 0.4) is 0 Å². The number of carbonyl (C=O) groups excluding carboxylic acids is 2. The fraction of sp³-hybridized carbons (Fsp3) is 0.793. The van der Waals surface area contributed by atoms with E-state index in [4.69, 9.17) is 4.74 Å². The zero-order valence-corrected chi connectivity index (χ0v) is 21.0. The van der Waals surface area contributed by atoms with Crippen molar-refractivity contribution in [2.45, 2.75) is 136 Å². The highest BCUT2D eigenvalue weighted by atomic mass is 16.6. The van der Waals surface area contributed by atoms with Crippen molar-refractivity contribution in [3.05, 3.63) is 23.3 Å². The SMILES string of the molecule is CC(=CCCCCCC1CCCCC1)C(=O)OC(=O)C(C)=CCCCCC1CCCCC1. The van der Waals surface area contributed by atoms with Gasteiger partial charge in [-0.25, -0.2) is 9.59 Å². The second-order valence-electron chi connectivity index (χ2n) is 10.4. The largest absolute Gasteiger partial charge is 0.386 e. The van der Waals surface area contributed by atoms with E-state index in [1.165, 1.54) is 96.3 Å². The summed E-state index contributed by atoms with van der Waals surface area (Å²) in [6, 6.07) is 0. The highest BCUT2D eigenvalue weighted by Gasteiger charge is 2.15. The molecule has 0 spiro atoms. The van der Waals surface area contributed by atoms with Gasteiger partial charge in [0.15, 0.2) is 0 Å². The zero-order chi connectivity index (χ0) is 23.0. The Hall–Kier alpha value is -1.38. The van der Waals surface area contributed by atoms with Crippen LogP contribution in [0.15, 0.2) is 23.3 Å². The normalized spacial score (nSPS) is 19.2. The maximum atomic E-state index is 12.2. The molecule has 0 bridgehead atoms. The lowest BCUT2D eigenvalue weighted by Gasteiger charge is -2.21. The maximum Gasteiger partial charge on any atom is 0.341 e. The molecule has 0 N–H and O–H groups in total. The molecule has 3 heteroatoms. The third kappa shape index (κ3) is 11.5. The first-order valence-corrected chi connectivity index (χ1v) is 13.7. The predicted octanol–water partition coefficient (Wildman–Crippen LogP) is 8.62. The third-order valence-corrected chi connectivity index (χ3v) is 7.56. The van der Waals surface area contributed by atoms with Crippen LogP contribution in [0.4, 0.5) is 0 Å². The lowest BCUT2D eigenvalue weighted by molar-refractivity contribution is -0.153. The van der Waals surface area contributed by atoms with E-state index in [1.54, 1.807) is 13.8 Å². The summed E-state index contributed by atoms with van der Waals surface area (Å²) in [5.41, 5.74) is 1.09. The van der Waals surface area contributed by atoms with Gasteiger partial charge in [-0.1, -0.05) is 108 Å². The molecule has 182 valence electrons. The van der Waals surface area contributed by atoms with Crippen LogP contribution in [0.2, 0.25) is 0 Å². The quantitative estimate of drug-likeness (QED) is 0.124. The van der Waals surface area contributed by atoms with Crippen LogP contribution >= 0.6 is 0 Å². The van der Waals surface area contributed by atoms with Crippen molar-refractivity contribution >= 4 is 11.9 Å². The molecule has 2 saturated carbocycles. The van der Waals surface area contributed by atoms with E-state index in [0.717, 1.165) is 37.5 Å². The Kier molecular flexibility index (Phi) is 13.7. The molecule has 0 aromatic heterocycles. The number of hydrogen-bond donors (Lipinski definition) is 0. The molecule has 0 unspecified atom stereocenters. The van der Waals surface area contributed by atoms with Gasteiger partial charge in [-0.3, -0.25) is 0 Å². The van der Waals surface area contributed by atoms with E-state index in [9.17, 15) is 9.59 Å². The third-order valence-electron chi connectivity index (χ3n) is 7.56. The minimum absolute atomic E-state index is 0.498. The van der Waals surface area contributed by atoms with Gasteiger partial charge in [0, 0.05) is 11.1 Å². The van der Waals surface area contributed by atoms with Crippen molar-refractivity contribution < 1.29 is 14.3 Å². The average molecular weight is 445 g/mol. The van der Waals surface area contributed by atoms with Gasteiger partial charge < -0.3 is 4.74 Å². The number of rotatable bonds is 13. The molecule has 0 aromatic carbocycles. The number of allylic oxidation sites excluding steroid dienone is 2. The molecule has 32 heavy (non-hydrogen) atoms. The Morgan fingerprint density at radius 3 is 1.50 bits per heavy atom. The summed E-state index contributed by atoms with van der Waals surface area (Å²) in [6.45, 7) is 3.50. The Morgan fingerprint density at radius 2 is 1.03 bits per heavy atom. The molecule has 2 rings (SSSR count). The minimum Gasteiger partial charge on any atom is -0.386 e. The summed E-state index contributed by atoms with van der Waals surface area (Å²) >= 11 is 0. The summed E-state index contributed by atoms with van der Waals surface area (Å²) in [5.74, 6) is 0.878. The Bertz CT molecular complexity index is 604. The molecule has 2 aliphatic carbocycles. The smallest absolute Gasteiger partial charge is 0.341 e. The van der Waals surface area contributed by atoms with E-state index in [0.29, 0.717) is 11.1 Å². The molecule has 2 aliphatic rings. The van der Waals surface area contributed by atoms with Crippen molar-refractivity contribution in [2.24, 2.45) is 11.8 Å². The van der Waals surface area contributed by atoms with Crippen LogP contribution in [-0.4, -0.2) is 11.9 Å². The van der Waals surface area contributed by atoms with Crippen LogP contribution in [0.1, 0.15) is 136 Å². The first kappa shape index (κ1) is 26.9. The van der Waals surface area contributed by atoms with Gasteiger partial charge in [0.25, 0.3) is 0 Å². The van der Waals surface area contributed by atoms with Gasteiger partial charge >= 0.3 is 11.9 Å². The Labute approximate surface area is 197 Å². The number of esters is 2. The van der Waals surface area contributed by atoms with E-state index in [-0.39, 0.29) is 0 Å². The highest BCUT2D eigenvalue weighted by Crippen LogP contribution is 2.29. The monoisotopic (exact) mass is 444 g/mol. The van der Waals surface area contributed by atoms with Gasteiger partial charge in [0.05, 0.1) is 0 Å². The van der Waals surface area contributed by atoms with Crippen molar-refractivity contribution in [3.8, 4) is 0 Å². The number of ether oxygens (including phenoxy) is 1. The Balaban J connectivity index is 1.53. The summed E-state index contributed by atoms with van der Waals surface area (Å²) in [4.78, 5) is 24.4. The Morgan fingerprint density at radius 1 is 0.625 bits per heavy atom. The highest BCUT2D eigenvalue weighted by molar-refractivity contribution is 6.01. The first-order chi connectivity index (χ1) is 15.6. The van der Waals surface area contributed by atoms with Crippen LogP contribution < -0.4 is 0 Å². The number of carbonyl (C=O) groups is 2. The average Bonchev–Trinajstić information content (AvgIpc) is 2.82. The molecular formula is C29H48O3. The number of unbranched alkanes of at least 4 members (excludes halogenated alkanes) is 5. The maximum absolute atomic E-state index is 12.2. The molecule has 0 amide bonds. The first-order valence-electron chi connectivity index (χ1n) is 13.7. The summed E-state index contributed by atoms with van der Waals surface area (Å²) in [6.07, 6.45) is 28.4. The fourth-order valence-electron chi connectivity index (χ4n) is 5.33. The zero-order valence-electron chi connectivity index (χ0n) is 21.0. The second-order valence-corrected chi connectivity index (χ2v) is 10.4. The van der Waals surface area contributed by atoms with Crippen LogP contribution in [0.25, 0.3) is 0 Å². The number of hydrogen-bond acceptors (Lipinski definition) is 3. The lowest BCUT2D eigenvalue weighted by atomic mass is 9.85. The van der Waals surface area contributed by atoms with Gasteiger partial charge in [-0.05, 0) is 51.4 Å². The van der Waals surface area contributed by atoms with Crippen LogP contribution in [-0.2, 0) is 14.3 Å². The lowest BCUT2D eigenvalue weighted by Crippen LogP contribution is -2.14. The minimum atomic E-state index is -0.498. The molecule has 0 aliphatic heterocycles. The van der Waals surface area contributed by atoms with Crippen LogP contribution in [0, 0.1) is 11.8 Å². The van der Waals surface area contributed by atoms with Gasteiger partial charge in [0.2, 0.25) is 0 Å². The topological polar surface area (TPSA) is 43.4 Å². The van der Waals surface area contributed by atoms with Gasteiger partial charge in [0.1, 0.15) is 0 Å². The molecular weight excluding hydrogens is 396 g/mol. The molecule has 0 atom stereocenters. The van der Waals surface area contributed by atoms with Crippen molar-refractivity contribution in [1.29, 1.82) is 0 Å². The predicted molar refractivity (Wildman–Crippen MR) is 133 cm³/mol. The van der Waals surface area contributed by atoms with Crippen LogP contribution in [0.5, 0.6) is 0 Å². The summed E-state index contributed by atoms with van der Waals surface area (Å²) in [5, 5.41) is 0. The van der Waals surface area contributed by atoms with E-state index in [1.807, 2.05) is 12.2 Å². The van der Waals surface area contributed by atoms with E-state index >= 15 is 0 Å². The standard InChI is InChI=1S/C29H48O3/c1-24(16-8-3-4-10-18-26-20-12-6-13-21-26)28(30)32-29(31)25(2)17-9-5-11-19-27-22-14-7-15-23-27/h16-17,26-27H,3-15,18-23H2,1-2H3. The van der Waals surface area contributed by atoms with Crippen molar-refractivity contribution in [2.75, 3.05) is 0 Å². The van der Waals surface area contributed by atoms with Gasteiger partial charge in [-0.2, -0.15) is 0 Å². The molecule has 0 aromatic rings. The van der Waals surface area contributed by atoms with E-state index in [2.05, 4.69) is 0 Å². The fourth-order valence-corrected chi connectivity index (χ4v) is 5.33. The van der Waals surface area contributed by atoms with Crippen molar-refractivity contribution in [3.63, 3.8) is 0 Å². The van der Waals surface area contributed by atoms with Crippen molar-refractivity contribution in [1.82, 2.24) is 0 Å². The van der Waals surface area contributed by atoms with E-state index < -0.39 is 11.9 Å². The second kappa shape index (κ2) is 16.3. The molecule has 0 saturated heterocycles. The van der Waals surface area contributed by atoms with Gasteiger partial charge in [-0.15, -0.1) is 0 Å².